The molecule has 0 saturated heterocycles. The first-order chi connectivity index (χ1) is 10.7. The lowest BCUT2D eigenvalue weighted by atomic mass is 10.0. The molecule has 2 aromatic rings. The van der Waals surface area contributed by atoms with Crippen LogP contribution in [0.5, 0.6) is 0 Å². The lowest BCUT2D eigenvalue weighted by molar-refractivity contribution is -0.118. The van der Waals surface area contributed by atoms with Gasteiger partial charge in [-0.25, -0.2) is 0 Å². The third-order valence-corrected chi connectivity index (χ3v) is 4.80. The molecule has 2 rings (SSSR count). The van der Waals surface area contributed by atoms with E-state index in [1.54, 1.807) is 6.08 Å². The summed E-state index contributed by atoms with van der Waals surface area (Å²) in [5.41, 5.74) is 1.90. The Balaban J connectivity index is 2.23. The summed E-state index contributed by atoms with van der Waals surface area (Å²) in [4.78, 5) is 11.8. The molecule has 4 heteroatoms. The van der Waals surface area contributed by atoms with Crippen molar-refractivity contribution in [2.24, 2.45) is 0 Å². The second-order valence-electron chi connectivity index (χ2n) is 4.82. The van der Waals surface area contributed by atoms with E-state index in [1.807, 2.05) is 60.7 Å². The highest BCUT2D eigenvalue weighted by Crippen LogP contribution is 2.28. The number of nitrogens with one attached hydrogen (secondary N) is 1. The summed E-state index contributed by atoms with van der Waals surface area (Å²) >= 11 is 0. The maximum absolute atomic E-state index is 12.7. The summed E-state index contributed by atoms with van der Waals surface area (Å²) < 4.78 is 12.7. The van der Waals surface area contributed by atoms with Crippen molar-refractivity contribution in [3.63, 3.8) is 0 Å². The third-order valence-electron chi connectivity index (χ3n) is 3.18. The van der Waals surface area contributed by atoms with Crippen LogP contribution in [-0.4, -0.2) is 22.4 Å². The topological polar surface area (TPSA) is 46.2 Å². The lowest BCUT2D eigenvalue weighted by Gasteiger charge is -2.17. The summed E-state index contributed by atoms with van der Waals surface area (Å²) in [6.07, 6.45) is 1.60. The van der Waals surface area contributed by atoms with E-state index in [2.05, 4.69) is 11.9 Å². The van der Waals surface area contributed by atoms with Gasteiger partial charge in [0, 0.05) is 17.3 Å². The third kappa shape index (κ3) is 4.40. The van der Waals surface area contributed by atoms with Crippen LogP contribution in [-0.2, 0) is 15.6 Å². The Hall–Kier alpha value is -2.20. The van der Waals surface area contributed by atoms with Crippen LogP contribution < -0.4 is 5.32 Å². The molecule has 0 fully saturated rings. The van der Waals surface area contributed by atoms with E-state index in [4.69, 9.17) is 0 Å². The van der Waals surface area contributed by atoms with Gasteiger partial charge in [0.05, 0.1) is 5.25 Å². The molecule has 0 aliphatic carbocycles. The Morgan fingerprint density at radius 1 is 1.05 bits per heavy atom. The number of amides is 1. The van der Waals surface area contributed by atoms with Crippen LogP contribution in [0.2, 0.25) is 0 Å². The van der Waals surface area contributed by atoms with E-state index in [9.17, 15) is 9.00 Å². The van der Waals surface area contributed by atoms with Crippen molar-refractivity contribution < 1.29 is 9.00 Å². The highest BCUT2D eigenvalue weighted by molar-refractivity contribution is 7.86. The van der Waals surface area contributed by atoms with Gasteiger partial charge in [-0.1, -0.05) is 66.7 Å². The van der Waals surface area contributed by atoms with Crippen molar-refractivity contribution in [1.29, 1.82) is 0 Å². The fourth-order valence-corrected chi connectivity index (χ4v) is 3.65. The Morgan fingerprint density at radius 2 is 1.55 bits per heavy atom. The molecule has 22 heavy (non-hydrogen) atoms. The molecule has 1 N–H and O–H groups in total. The van der Waals surface area contributed by atoms with Crippen LogP contribution in [0.1, 0.15) is 16.4 Å². The maximum Gasteiger partial charge on any atom is 0.232 e. The number of carbonyl (C=O) groups is 1. The molecule has 0 saturated carbocycles. The Kier molecular flexibility index (Phi) is 6.10. The summed E-state index contributed by atoms with van der Waals surface area (Å²) in [6, 6.07) is 19.3. The number of carbonyl (C=O) groups excluding carboxylic acids is 1. The zero-order chi connectivity index (χ0) is 15.8. The number of benzene rings is 2. The van der Waals surface area contributed by atoms with Crippen molar-refractivity contribution in [3.05, 3.63) is 84.4 Å². The van der Waals surface area contributed by atoms with Gasteiger partial charge in [0.25, 0.3) is 0 Å². The minimum Gasteiger partial charge on any atom is -0.352 e. The van der Waals surface area contributed by atoms with Gasteiger partial charge in [0.2, 0.25) is 5.91 Å². The molecule has 1 unspecified atom stereocenters. The second-order valence-corrected chi connectivity index (χ2v) is 6.34. The molecule has 0 bridgehead atoms. The van der Waals surface area contributed by atoms with Gasteiger partial charge in [-0.15, -0.1) is 6.58 Å². The largest absolute Gasteiger partial charge is 0.352 e. The molecular weight excluding hydrogens is 294 g/mol. The zero-order valence-electron chi connectivity index (χ0n) is 12.3. The van der Waals surface area contributed by atoms with E-state index in [0.717, 1.165) is 11.1 Å². The Bertz CT molecular complexity index is 601. The van der Waals surface area contributed by atoms with Gasteiger partial charge < -0.3 is 5.32 Å². The Morgan fingerprint density at radius 3 is 2.00 bits per heavy atom. The number of rotatable bonds is 7. The van der Waals surface area contributed by atoms with E-state index in [1.165, 1.54) is 0 Å². The van der Waals surface area contributed by atoms with Crippen LogP contribution in [0.4, 0.5) is 0 Å². The lowest BCUT2D eigenvalue weighted by Crippen LogP contribution is -2.30. The van der Waals surface area contributed by atoms with Crippen LogP contribution in [0.3, 0.4) is 0 Å². The highest BCUT2D eigenvalue weighted by atomic mass is 32.2. The van der Waals surface area contributed by atoms with E-state index in [-0.39, 0.29) is 16.9 Å². The fourth-order valence-electron chi connectivity index (χ4n) is 2.20. The van der Waals surface area contributed by atoms with Gasteiger partial charge in [0.1, 0.15) is 5.75 Å². The van der Waals surface area contributed by atoms with Crippen LogP contribution in [0.15, 0.2) is 73.3 Å². The minimum atomic E-state index is -1.34. The predicted octanol–water partition coefficient (Wildman–Crippen LogP) is 2.83. The van der Waals surface area contributed by atoms with Crippen molar-refractivity contribution in [2.75, 3.05) is 12.3 Å². The van der Waals surface area contributed by atoms with Gasteiger partial charge in [-0.3, -0.25) is 9.00 Å². The minimum absolute atomic E-state index is 0.0255. The smallest absolute Gasteiger partial charge is 0.232 e. The van der Waals surface area contributed by atoms with Crippen molar-refractivity contribution in [2.45, 2.75) is 5.25 Å². The van der Waals surface area contributed by atoms with Crippen molar-refractivity contribution in [3.8, 4) is 0 Å². The molecule has 0 aliphatic rings. The fraction of sp³-hybridized carbons (Fsp3) is 0.167. The molecule has 1 atom stereocenters. The monoisotopic (exact) mass is 313 g/mol. The van der Waals surface area contributed by atoms with Gasteiger partial charge >= 0.3 is 0 Å². The van der Waals surface area contributed by atoms with Crippen LogP contribution in [0, 0.1) is 0 Å². The average molecular weight is 313 g/mol. The molecule has 0 aliphatic heterocycles. The number of hydrogen-bond donors (Lipinski definition) is 1. The van der Waals surface area contributed by atoms with E-state index < -0.39 is 10.8 Å². The highest BCUT2D eigenvalue weighted by Gasteiger charge is 2.22. The zero-order valence-corrected chi connectivity index (χ0v) is 13.1. The summed E-state index contributed by atoms with van der Waals surface area (Å²) in [6.45, 7) is 3.94. The van der Waals surface area contributed by atoms with Gasteiger partial charge in [0.15, 0.2) is 0 Å². The van der Waals surface area contributed by atoms with Crippen molar-refractivity contribution >= 4 is 16.7 Å². The molecule has 0 heterocycles. The number of hydrogen-bond acceptors (Lipinski definition) is 2. The second kappa shape index (κ2) is 8.29. The molecule has 0 aromatic heterocycles. The average Bonchev–Trinajstić information content (AvgIpc) is 2.55. The quantitative estimate of drug-likeness (QED) is 0.799. The first-order valence-electron chi connectivity index (χ1n) is 7.07. The van der Waals surface area contributed by atoms with Gasteiger partial charge in [-0.05, 0) is 11.1 Å². The summed E-state index contributed by atoms with van der Waals surface area (Å²) in [5, 5.41) is 2.36. The van der Waals surface area contributed by atoms with E-state index in [0.29, 0.717) is 6.54 Å². The van der Waals surface area contributed by atoms with Crippen LogP contribution in [0.25, 0.3) is 0 Å². The summed E-state index contributed by atoms with van der Waals surface area (Å²) in [7, 11) is -1.34. The van der Waals surface area contributed by atoms with Crippen LogP contribution >= 0.6 is 0 Å². The molecule has 2 aromatic carbocycles. The standard InChI is InChI=1S/C18H19NO2S/c1-2-13-19-17(20)14-22(21)18(15-9-5-3-6-10-15)16-11-7-4-8-12-16/h2-12,18H,1,13-14H2,(H,19,20). The normalized spacial score (nSPS) is 11.9. The molecule has 0 radical (unpaired) electrons. The van der Waals surface area contributed by atoms with E-state index >= 15 is 0 Å². The molecule has 0 spiro atoms. The predicted molar refractivity (Wildman–Crippen MR) is 90.9 cm³/mol. The molecule has 3 nitrogen and oxygen atoms in total. The Labute approximate surface area is 133 Å². The molecule has 1 amide bonds. The maximum atomic E-state index is 12.7. The first-order valence-corrected chi connectivity index (χ1v) is 8.45. The molecular formula is C18H19NO2S. The van der Waals surface area contributed by atoms with Crippen molar-refractivity contribution in [1.82, 2.24) is 5.32 Å². The molecule has 114 valence electrons. The SMILES string of the molecule is C=CCNC(=O)CS(=O)C(c1ccccc1)c1ccccc1. The summed E-state index contributed by atoms with van der Waals surface area (Å²) in [5.74, 6) is -0.252. The first kappa shape index (κ1) is 16.2. The van der Waals surface area contributed by atoms with Gasteiger partial charge in [-0.2, -0.15) is 0 Å².